The van der Waals surface area contributed by atoms with E-state index in [1.165, 1.54) is 17.7 Å². The lowest BCUT2D eigenvalue weighted by Gasteiger charge is -2.25. The highest BCUT2D eigenvalue weighted by molar-refractivity contribution is 9.10. The molecule has 0 fully saturated rings. The minimum atomic E-state index is 0.560. The number of halogens is 2. The molecule has 0 saturated carbocycles. The summed E-state index contributed by atoms with van der Waals surface area (Å²) in [6, 6.07) is 4.54. The summed E-state index contributed by atoms with van der Waals surface area (Å²) in [6.07, 6.45) is 2.29. The lowest BCUT2D eigenvalue weighted by molar-refractivity contribution is 0.680. The van der Waals surface area contributed by atoms with Crippen LogP contribution in [0.15, 0.2) is 16.6 Å². The van der Waals surface area contributed by atoms with Gasteiger partial charge in [-0.2, -0.15) is 0 Å². The van der Waals surface area contributed by atoms with Crippen LogP contribution in [0.1, 0.15) is 18.9 Å². The van der Waals surface area contributed by atoms with Crippen LogP contribution in [0, 0.1) is 0 Å². The van der Waals surface area contributed by atoms with Gasteiger partial charge in [-0.05, 0) is 53.4 Å². The Balaban J connectivity index is 2.47. The van der Waals surface area contributed by atoms with Gasteiger partial charge in [0.25, 0.3) is 0 Å². The summed E-state index contributed by atoms with van der Waals surface area (Å²) in [5, 5.41) is 4.26. The number of benzene rings is 1. The van der Waals surface area contributed by atoms with Gasteiger partial charge in [-0.3, -0.25) is 0 Å². The molecule has 0 bridgehead atoms. The molecule has 0 spiro atoms. The summed E-state index contributed by atoms with van der Waals surface area (Å²) in [7, 11) is 0. The first-order valence-electron chi connectivity index (χ1n) is 4.41. The van der Waals surface area contributed by atoms with E-state index < -0.39 is 0 Å². The summed E-state index contributed by atoms with van der Waals surface area (Å²) < 4.78 is 1.07. The van der Waals surface area contributed by atoms with E-state index in [4.69, 9.17) is 11.6 Å². The molecule has 1 unspecified atom stereocenters. The quantitative estimate of drug-likeness (QED) is 0.747. The van der Waals surface area contributed by atoms with E-state index in [2.05, 4.69) is 28.2 Å². The Hall–Kier alpha value is -0.210. The summed E-state index contributed by atoms with van der Waals surface area (Å²) in [5.74, 6) is 0. The summed E-state index contributed by atoms with van der Waals surface area (Å²) in [4.78, 5) is 0. The van der Waals surface area contributed by atoms with E-state index in [9.17, 15) is 0 Å². The van der Waals surface area contributed by atoms with Crippen LogP contribution in [0.4, 0.5) is 5.69 Å². The van der Waals surface area contributed by atoms with Crippen LogP contribution in [0.3, 0.4) is 0 Å². The van der Waals surface area contributed by atoms with Crippen LogP contribution in [0.25, 0.3) is 0 Å². The highest BCUT2D eigenvalue weighted by atomic mass is 79.9. The fourth-order valence-electron chi connectivity index (χ4n) is 1.68. The van der Waals surface area contributed by atoms with Crippen molar-refractivity contribution in [3.05, 3.63) is 27.2 Å². The fourth-order valence-corrected chi connectivity index (χ4v) is 2.66. The first-order chi connectivity index (χ1) is 6.16. The molecule has 0 aromatic heterocycles. The molecule has 1 aliphatic heterocycles. The first kappa shape index (κ1) is 9.35. The van der Waals surface area contributed by atoms with Crippen molar-refractivity contribution in [2.75, 3.05) is 5.32 Å². The predicted molar refractivity (Wildman–Crippen MR) is 60.6 cm³/mol. The largest absolute Gasteiger partial charge is 0.381 e. The van der Waals surface area contributed by atoms with Gasteiger partial charge in [0.1, 0.15) is 0 Å². The van der Waals surface area contributed by atoms with Crippen LogP contribution in [-0.4, -0.2) is 6.04 Å². The number of fused-ring (bicyclic) bond motifs is 1. The van der Waals surface area contributed by atoms with Crippen LogP contribution < -0.4 is 5.32 Å². The van der Waals surface area contributed by atoms with Gasteiger partial charge in [-0.15, -0.1) is 0 Å². The SMILES string of the molecule is CC1CCc2cc(Cl)cc(Br)c2N1. The molecule has 1 aromatic carbocycles. The van der Waals surface area contributed by atoms with E-state index in [1.807, 2.05) is 12.1 Å². The lowest BCUT2D eigenvalue weighted by atomic mass is 9.99. The maximum Gasteiger partial charge on any atom is 0.0520 e. The first-order valence-corrected chi connectivity index (χ1v) is 5.58. The third-order valence-electron chi connectivity index (χ3n) is 2.37. The molecule has 70 valence electrons. The van der Waals surface area contributed by atoms with Crippen LogP contribution >= 0.6 is 27.5 Å². The van der Waals surface area contributed by atoms with Crippen molar-refractivity contribution < 1.29 is 0 Å². The number of anilines is 1. The molecule has 1 heterocycles. The maximum atomic E-state index is 5.96. The molecule has 1 N–H and O–H groups in total. The molecule has 0 radical (unpaired) electrons. The van der Waals surface area contributed by atoms with E-state index in [0.717, 1.165) is 15.9 Å². The molecule has 0 aliphatic carbocycles. The van der Waals surface area contributed by atoms with Gasteiger partial charge in [-0.25, -0.2) is 0 Å². The molecular weight excluding hydrogens is 249 g/mol. The van der Waals surface area contributed by atoms with Crippen LogP contribution in [0.5, 0.6) is 0 Å². The Kier molecular flexibility index (Phi) is 2.52. The van der Waals surface area contributed by atoms with E-state index in [1.54, 1.807) is 0 Å². The van der Waals surface area contributed by atoms with Crippen LogP contribution in [0.2, 0.25) is 5.02 Å². The van der Waals surface area contributed by atoms with Gasteiger partial charge in [-0.1, -0.05) is 11.6 Å². The van der Waals surface area contributed by atoms with Crippen molar-refractivity contribution in [2.45, 2.75) is 25.8 Å². The topological polar surface area (TPSA) is 12.0 Å². The minimum absolute atomic E-state index is 0.560. The van der Waals surface area contributed by atoms with Gasteiger partial charge in [0, 0.05) is 15.5 Å². The van der Waals surface area contributed by atoms with Crippen molar-refractivity contribution in [3.8, 4) is 0 Å². The molecule has 1 aliphatic rings. The molecule has 0 saturated heterocycles. The van der Waals surface area contributed by atoms with Crippen molar-refractivity contribution in [1.82, 2.24) is 0 Å². The molecule has 13 heavy (non-hydrogen) atoms. The predicted octanol–water partition coefficient (Wildman–Crippen LogP) is 3.85. The Labute approximate surface area is 91.6 Å². The van der Waals surface area contributed by atoms with Gasteiger partial charge in [0.2, 0.25) is 0 Å². The Bertz CT molecular complexity index is 338. The summed E-state index contributed by atoms with van der Waals surface area (Å²) in [5.41, 5.74) is 2.53. The zero-order valence-electron chi connectivity index (χ0n) is 7.40. The van der Waals surface area contributed by atoms with Crippen LogP contribution in [-0.2, 0) is 6.42 Å². The van der Waals surface area contributed by atoms with Gasteiger partial charge in [0.05, 0.1) is 5.69 Å². The van der Waals surface area contributed by atoms with E-state index in [0.29, 0.717) is 6.04 Å². The van der Waals surface area contributed by atoms with Crippen molar-refractivity contribution in [2.24, 2.45) is 0 Å². The number of hydrogen-bond acceptors (Lipinski definition) is 1. The smallest absolute Gasteiger partial charge is 0.0520 e. The van der Waals surface area contributed by atoms with E-state index in [-0.39, 0.29) is 0 Å². The zero-order valence-corrected chi connectivity index (χ0v) is 9.74. The van der Waals surface area contributed by atoms with Gasteiger partial charge in [0.15, 0.2) is 0 Å². The number of hydrogen-bond donors (Lipinski definition) is 1. The Morgan fingerprint density at radius 3 is 3.08 bits per heavy atom. The molecular formula is C10H11BrClN. The van der Waals surface area contributed by atoms with Crippen molar-refractivity contribution in [3.63, 3.8) is 0 Å². The second-order valence-electron chi connectivity index (χ2n) is 3.51. The highest BCUT2D eigenvalue weighted by Gasteiger charge is 2.16. The second kappa shape index (κ2) is 3.50. The Morgan fingerprint density at radius 2 is 2.31 bits per heavy atom. The Morgan fingerprint density at radius 1 is 1.54 bits per heavy atom. The molecule has 3 heteroatoms. The summed E-state index contributed by atoms with van der Waals surface area (Å²) >= 11 is 9.47. The minimum Gasteiger partial charge on any atom is -0.381 e. The average Bonchev–Trinajstić information content (AvgIpc) is 2.06. The lowest BCUT2D eigenvalue weighted by Crippen LogP contribution is -2.22. The second-order valence-corrected chi connectivity index (χ2v) is 4.80. The van der Waals surface area contributed by atoms with E-state index >= 15 is 0 Å². The van der Waals surface area contributed by atoms with Gasteiger partial charge < -0.3 is 5.32 Å². The monoisotopic (exact) mass is 259 g/mol. The zero-order chi connectivity index (χ0) is 9.42. The van der Waals surface area contributed by atoms with Gasteiger partial charge >= 0.3 is 0 Å². The average molecular weight is 261 g/mol. The standard InChI is InChI=1S/C10H11BrClN/c1-6-2-3-7-4-8(12)5-9(11)10(7)13-6/h4-6,13H,2-3H2,1H3. The van der Waals surface area contributed by atoms with Crippen molar-refractivity contribution >= 4 is 33.2 Å². The number of rotatable bonds is 0. The third kappa shape index (κ3) is 1.84. The summed E-state index contributed by atoms with van der Waals surface area (Å²) in [6.45, 7) is 2.20. The fraction of sp³-hybridized carbons (Fsp3) is 0.400. The molecule has 1 atom stereocenters. The number of nitrogens with one attached hydrogen (secondary N) is 1. The molecule has 2 rings (SSSR count). The molecule has 1 nitrogen and oxygen atoms in total. The normalized spacial score (nSPS) is 20.7. The maximum absolute atomic E-state index is 5.96. The number of aryl methyl sites for hydroxylation is 1. The highest BCUT2D eigenvalue weighted by Crippen LogP contribution is 2.34. The molecule has 0 amide bonds. The molecule has 1 aromatic rings. The third-order valence-corrected chi connectivity index (χ3v) is 3.22. The van der Waals surface area contributed by atoms with Crippen molar-refractivity contribution in [1.29, 1.82) is 0 Å².